The Morgan fingerprint density at radius 2 is 2.17 bits per heavy atom. The lowest BCUT2D eigenvalue weighted by molar-refractivity contribution is 0.450. The molecule has 0 spiro atoms. The minimum absolute atomic E-state index is 0.229. The molecule has 7 heteroatoms. The lowest BCUT2D eigenvalue weighted by Gasteiger charge is -2.14. The van der Waals surface area contributed by atoms with Crippen molar-refractivity contribution in [3.05, 3.63) is 60.2 Å². The second-order valence-corrected chi connectivity index (χ2v) is 5.65. The summed E-state index contributed by atoms with van der Waals surface area (Å²) in [6.45, 7) is 5.46. The highest BCUT2D eigenvalue weighted by Crippen LogP contribution is 2.14. The van der Waals surface area contributed by atoms with Gasteiger partial charge in [0.1, 0.15) is 24.2 Å². The van der Waals surface area contributed by atoms with Crippen molar-refractivity contribution in [1.29, 1.82) is 0 Å². The van der Waals surface area contributed by atoms with Gasteiger partial charge in [-0.2, -0.15) is 10.2 Å². The van der Waals surface area contributed by atoms with Gasteiger partial charge in [0.25, 0.3) is 0 Å². The third kappa shape index (κ3) is 3.81. The molecule has 0 bridgehead atoms. The number of nitrogens with zero attached hydrogens (tertiary/aromatic N) is 5. The molecule has 0 aliphatic heterocycles. The van der Waals surface area contributed by atoms with Gasteiger partial charge in [0, 0.05) is 18.8 Å². The van der Waals surface area contributed by atoms with E-state index in [1.807, 2.05) is 30.1 Å². The molecule has 3 rings (SSSR count). The largest absolute Gasteiger partial charge is 0.308 e. The summed E-state index contributed by atoms with van der Waals surface area (Å²) in [6, 6.07) is 5.35. The first-order valence-corrected chi connectivity index (χ1v) is 7.47. The summed E-state index contributed by atoms with van der Waals surface area (Å²) in [6.07, 6.45) is 6.70. The van der Waals surface area contributed by atoms with Gasteiger partial charge in [0.2, 0.25) is 0 Å². The molecule has 0 aliphatic rings. The van der Waals surface area contributed by atoms with Gasteiger partial charge in [0.15, 0.2) is 0 Å². The van der Waals surface area contributed by atoms with E-state index in [9.17, 15) is 4.39 Å². The van der Waals surface area contributed by atoms with Gasteiger partial charge in [-0.25, -0.2) is 14.1 Å². The molecule has 0 fully saturated rings. The molecular formula is C16H19FN6. The number of rotatable bonds is 6. The highest BCUT2D eigenvalue weighted by atomic mass is 19.1. The summed E-state index contributed by atoms with van der Waals surface area (Å²) in [5.74, 6) is -0.315. The quantitative estimate of drug-likeness (QED) is 0.757. The Kier molecular flexibility index (Phi) is 4.47. The van der Waals surface area contributed by atoms with Crippen LogP contribution in [0.4, 0.5) is 4.39 Å². The lowest BCUT2D eigenvalue weighted by atomic mass is 10.2. The molecule has 0 saturated carbocycles. The standard InChI is InChI=1S/C16H19FN6/c1-12-6-20-22(8-12)9-13(2)19-7-14-3-4-16(15(17)5-14)23-11-18-10-21-23/h3-6,8,10-11,13,19H,7,9H2,1-2H3/t13-/m1/s1. The van der Waals surface area contributed by atoms with Crippen LogP contribution in [0.3, 0.4) is 0 Å². The third-order valence-corrected chi connectivity index (χ3v) is 3.56. The van der Waals surface area contributed by atoms with Gasteiger partial charge in [-0.3, -0.25) is 4.68 Å². The molecule has 1 atom stereocenters. The van der Waals surface area contributed by atoms with Crippen molar-refractivity contribution in [3.63, 3.8) is 0 Å². The number of aromatic nitrogens is 5. The van der Waals surface area contributed by atoms with Gasteiger partial charge in [-0.1, -0.05) is 6.07 Å². The van der Waals surface area contributed by atoms with Crippen molar-refractivity contribution in [2.45, 2.75) is 33.0 Å². The Labute approximate surface area is 134 Å². The number of hydrogen-bond acceptors (Lipinski definition) is 4. The van der Waals surface area contributed by atoms with Crippen LogP contribution in [0, 0.1) is 12.7 Å². The van der Waals surface area contributed by atoms with Crippen molar-refractivity contribution < 1.29 is 4.39 Å². The Balaban J connectivity index is 1.59. The lowest BCUT2D eigenvalue weighted by Crippen LogP contribution is -2.30. The average Bonchev–Trinajstić information content (AvgIpc) is 3.17. The Hall–Kier alpha value is -2.54. The highest BCUT2D eigenvalue weighted by Gasteiger charge is 2.08. The molecule has 0 saturated heterocycles. The zero-order valence-corrected chi connectivity index (χ0v) is 13.1. The van der Waals surface area contributed by atoms with E-state index in [4.69, 9.17) is 0 Å². The second kappa shape index (κ2) is 6.70. The fourth-order valence-corrected chi connectivity index (χ4v) is 2.38. The maximum atomic E-state index is 14.2. The van der Waals surface area contributed by atoms with Crippen LogP contribution >= 0.6 is 0 Å². The first-order chi connectivity index (χ1) is 11.1. The van der Waals surface area contributed by atoms with Crippen molar-refractivity contribution in [2.75, 3.05) is 0 Å². The number of aryl methyl sites for hydroxylation is 1. The van der Waals surface area contributed by atoms with Gasteiger partial charge in [-0.05, 0) is 37.1 Å². The number of benzene rings is 1. The van der Waals surface area contributed by atoms with E-state index in [1.54, 1.807) is 6.07 Å². The maximum absolute atomic E-state index is 14.2. The number of hydrogen-bond donors (Lipinski definition) is 1. The normalized spacial score (nSPS) is 12.5. The predicted octanol–water partition coefficient (Wildman–Crippen LogP) is 2.09. The average molecular weight is 314 g/mol. The zero-order valence-electron chi connectivity index (χ0n) is 13.1. The fourth-order valence-electron chi connectivity index (χ4n) is 2.38. The van der Waals surface area contributed by atoms with Crippen LogP contribution in [0.2, 0.25) is 0 Å². The second-order valence-electron chi connectivity index (χ2n) is 5.65. The van der Waals surface area contributed by atoms with Crippen LogP contribution in [0.1, 0.15) is 18.1 Å². The molecule has 3 aromatic rings. The van der Waals surface area contributed by atoms with Crippen LogP contribution < -0.4 is 5.32 Å². The van der Waals surface area contributed by atoms with Crippen molar-refractivity contribution >= 4 is 0 Å². The Morgan fingerprint density at radius 3 is 2.83 bits per heavy atom. The van der Waals surface area contributed by atoms with Crippen molar-refractivity contribution in [2.24, 2.45) is 0 Å². The number of nitrogens with one attached hydrogen (secondary N) is 1. The van der Waals surface area contributed by atoms with Crippen LogP contribution in [0.25, 0.3) is 5.69 Å². The molecule has 1 aromatic carbocycles. The van der Waals surface area contributed by atoms with Crippen LogP contribution in [0.5, 0.6) is 0 Å². The van der Waals surface area contributed by atoms with Gasteiger partial charge < -0.3 is 5.32 Å². The molecule has 23 heavy (non-hydrogen) atoms. The molecule has 2 heterocycles. The van der Waals surface area contributed by atoms with E-state index in [2.05, 4.69) is 27.4 Å². The van der Waals surface area contributed by atoms with Crippen molar-refractivity contribution in [3.8, 4) is 5.69 Å². The van der Waals surface area contributed by atoms with Crippen LogP contribution in [0.15, 0.2) is 43.2 Å². The summed E-state index contributed by atoms with van der Waals surface area (Å²) in [5, 5.41) is 11.6. The first kappa shape index (κ1) is 15.4. The van der Waals surface area contributed by atoms with Gasteiger partial charge >= 0.3 is 0 Å². The van der Waals surface area contributed by atoms with E-state index < -0.39 is 0 Å². The van der Waals surface area contributed by atoms with E-state index in [1.165, 1.54) is 23.4 Å². The molecule has 120 valence electrons. The topological polar surface area (TPSA) is 60.6 Å². The summed E-state index contributed by atoms with van der Waals surface area (Å²) in [7, 11) is 0. The number of halogens is 1. The monoisotopic (exact) mass is 314 g/mol. The molecule has 6 nitrogen and oxygen atoms in total. The Bertz CT molecular complexity index is 765. The third-order valence-electron chi connectivity index (χ3n) is 3.56. The molecule has 2 aromatic heterocycles. The smallest absolute Gasteiger partial charge is 0.149 e. The van der Waals surface area contributed by atoms with Crippen LogP contribution in [-0.4, -0.2) is 30.6 Å². The zero-order chi connectivity index (χ0) is 16.2. The molecule has 0 amide bonds. The summed E-state index contributed by atoms with van der Waals surface area (Å²) >= 11 is 0. The molecule has 0 unspecified atom stereocenters. The van der Waals surface area contributed by atoms with E-state index in [0.29, 0.717) is 12.2 Å². The summed E-state index contributed by atoms with van der Waals surface area (Å²) in [5.41, 5.74) is 2.42. The highest BCUT2D eigenvalue weighted by molar-refractivity contribution is 5.35. The minimum atomic E-state index is -0.315. The van der Waals surface area contributed by atoms with Gasteiger partial charge in [-0.15, -0.1) is 0 Å². The van der Waals surface area contributed by atoms with Crippen LogP contribution in [-0.2, 0) is 13.1 Å². The first-order valence-electron chi connectivity index (χ1n) is 7.47. The summed E-state index contributed by atoms with van der Waals surface area (Å²) in [4.78, 5) is 3.83. The SMILES string of the molecule is Cc1cnn(C[C@@H](C)NCc2ccc(-n3cncn3)c(F)c2)c1. The Morgan fingerprint density at radius 1 is 1.30 bits per heavy atom. The van der Waals surface area contributed by atoms with Crippen molar-refractivity contribution in [1.82, 2.24) is 29.9 Å². The minimum Gasteiger partial charge on any atom is -0.308 e. The van der Waals surface area contributed by atoms with Gasteiger partial charge in [0.05, 0.1) is 12.7 Å². The fraction of sp³-hybridized carbons (Fsp3) is 0.312. The van der Waals surface area contributed by atoms with E-state index in [-0.39, 0.29) is 11.9 Å². The molecule has 0 radical (unpaired) electrons. The molecular weight excluding hydrogens is 295 g/mol. The maximum Gasteiger partial charge on any atom is 0.149 e. The van der Waals surface area contributed by atoms with E-state index >= 15 is 0 Å². The summed E-state index contributed by atoms with van der Waals surface area (Å²) < 4.78 is 17.5. The van der Waals surface area contributed by atoms with E-state index in [0.717, 1.165) is 17.7 Å². The molecule has 1 N–H and O–H groups in total. The predicted molar refractivity (Wildman–Crippen MR) is 84.6 cm³/mol. The molecule has 0 aliphatic carbocycles.